The average Bonchev–Trinajstić information content (AvgIpc) is 2.74. The van der Waals surface area contributed by atoms with Crippen molar-refractivity contribution < 1.29 is 0 Å². The number of benzene rings is 1. The zero-order chi connectivity index (χ0) is 18.3. The van der Waals surface area contributed by atoms with E-state index in [1.54, 1.807) is 0 Å². The third kappa shape index (κ3) is 2.57. The fraction of sp³-hybridized carbons (Fsp3) is 0.0870. The monoisotopic (exact) mass is 350 g/mol. The van der Waals surface area contributed by atoms with Crippen molar-refractivity contribution in [3.05, 3.63) is 102 Å². The molecule has 0 radical (unpaired) electrons. The summed E-state index contributed by atoms with van der Waals surface area (Å²) < 4.78 is 0. The third-order valence-electron chi connectivity index (χ3n) is 5.02. The third-order valence-corrected chi connectivity index (χ3v) is 5.02. The molecule has 1 aromatic carbocycles. The fourth-order valence-electron chi connectivity index (χ4n) is 3.70. The van der Waals surface area contributed by atoms with Crippen LogP contribution in [0.1, 0.15) is 23.9 Å². The molecule has 1 aliphatic rings. The molecule has 0 amide bonds. The van der Waals surface area contributed by atoms with E-state index >= 15 is 0 Å². The normalized spacial score (nSPS) is 18.5. The van der Waals surface area contributed by atoms with Gasteiger partial charge in [-0.15, -0.1) is 0 Å². The number of anilines is 1. The van der Waals surface area contributed by atoms with E-state index in [-0.39, 0.29) is 0 Å². The Kier molecular flexibility index (Phi) is 3.50. The number of hydrogen-bond donors (Lipinski definition) is 1. The predicted molar refractivity (Wildman–Crippen MR) is 108 cm³/mol. The molecule has 1 N–H and O–H groups in total. The summed E-state index contributed by atoms with van der Waals surface area (Å²) in [5.41, 5.74) is 5.60. The maximum atomic E-state index is 4.65. The lowest BCUT2D eigenvalue weighted by molar-refractivity contribution is 0.659. The highest BCUT2D eigenvalue weighted by molar-refractivity contribution is 6.01. The smallest absolute Gasteiger partial charge is 0.0963 e. The quantitative estimate of drug-likeness (QED) is 0.564. The molecule has 4 heterocycles. The van der Waals surface area contributed by atoms with Crippen LogP contribution in [0.15, 0.2) is 85.3 Å². The summed E-state index contributed by atoms with van der Waals surface area (Å²) >= 11 is 0. The van der Waals surface area contributed by atoms with E-state index < -0.39 is 5.54 Å². The topological polar surface area (TPSA) is 50.7 Å². The molecule has 4 heteroatoms. The minimum atomic E-state index is -0.465. The molecule has 0 fully saturated rings. The Hall–Kier alpha value is -3.53. The van der Waals surface area contributed by atoms with Gasteiger partial charge in [-0.05, 0) is 43.3 Å². The van der Waals surface area contributed by atoms with Gasteiger partial charge in [0, 0.05) is 35.1 Å². The number of nitrogens with zero attached hydrogens (tertiary/aromatic N) is 3. The molecule has 3 aromatic heterocycles. The van der Waals surface area contributed by atoms with E-state index in [4.69, 9.17) is 0 Å². The summed E-state index contributed by atoms with van der Waals surface area (Å²) in [5.74, 6) is 0. The van der Waals surface area contributed by atoms with Gasteiger partial charge in [0.05, 0.1) is 28.1 Å². The van der Waals surface area contributed by atoms with Crippen molar-refractivity contribution in [2.75, 3.05) is 5.32 Å². The molecule has 1 unspecified atom stereocenters. The second kappa shape index (κ2) is 6.02. The molecular formula is C23H18N4. The summed E-state index contributed by atoms with van der Waals surface area (Å²) in [6, 6.07) is 20.3. The lowest BCUT2D eigenvalue weighted by Crippen LogP contribution is -2.34. The van der Waals surface area contributed by atoms with Gasteiger partial charge in [-0.3, -0.25) is 15.0 Å². The van der Waals surface area contributed by atoms with Crippen molar-refractivity contribution in [3.63, 3.8) is 0 Å². The Morgan fingerprint density at radius 1 is 0.778 bits per heavy atom. The van der Waals surface area contributed by atoms with E-state index in [0.717, 1.165) is 39.1 Å². The minimum Gasteiger partial charge on any atom is -0.369 e. The molecule has 0 aliphatic carbocycles. The highest BCUT2D eigenvalue weighted by Gasteiger charge is 2.33. The van der Waals surface area contributed by atoms with Gasteiger partial charge in [0.25, 0.3) is 0 Å². The lowest BCUT2D eigenvalue weighted by atomic mass is 9.84. The Bertz CT molecular complexity index is 1150. The SMILES string of the molecule is CC1(c2ccccn2)C=C(c2ccccn2)c2ccc3cccnc3c2N1. The number of rotatable bonds is 2. The number of pyridine rings is 3. The van der Waals surface area contributed by atoms with Gasteiger partial charge in [-0.1, -0.05) is 30.3 Å². The Morgan fingerprint density at radius 2 is 1.59 bits per heavy atom. The molecule has 1 atom stereocenters. The highest BCUT2D eigenvalue weighted by atomic mass is 15.0. The Labute approximate surface area is 157 Å². The van der Waals surface area contributed by atoms with Crippen LogP contribution < -0.4 is 5.32 Å². The standard InChI is InChI=1S/C23H18N4/c1-23(20-9-3-5-13-25-20)15-18(19-8-2-4-12-24-19)17-11-10-16-7-6-14-26-21(16)22(17)27-23/h2-15,27H,1H3. The van der Waals surface area contributed by atoms with Crippen LogP contribution in [-0.2, 0) is 5.54 Å². The number of hydrogen-bond acceptors (Lipinski definition) is 4. The first-order valence-corrected chi connectivity index (χ1v) is 8.97. The average molecular weight is 350 g/mol. The van der Waals surface area contributed by atoms with Gasteiger partial charge in [0.1, 0.15) is 0 Å². The van der Waals surface area contributed by atoms with Gasteiger partial charge in [-0.2, -0.15) is 0 Å². The second-order valence-electron chi connectivity index (χ2n) is 6.88. The van der Waals surface area contributed by atoms with Crippen molar-refractivity contribution >= 4 is 22.2 Å². The van der Waals surface area contributed by atoms with Gasteiger partial charge in [-0.25, -0.2) is 0 Å². The highest BCUT2D eigenvalue weighted by Crippen LogP contribution is 2.43. The van der Waals surface area contributed by atoms with Crippen molar-refractivity contribution in [1.82, 2.24) is 15.0 Å². The van der Waals surface area contributed by atoms with Crippen molar-refractivity contribution in [2.45, 2.75) is 12.5 Å². The molecule has 5 rings (SSSR count). The molecule has 130 valence electrons. The molecule has 0 spiro atoms. The van der Waals surface area contributed by atoms with E-state index in [2.05, 4.69) is 51.5 Å². The van der Waals surface area contributed by atoms with Crippen LogP contribution in [0.5, 0.6) is 0 Å². The molecule has 1 aliphatic heterocycles. The first kappa shape index (κ1) is 15.7. The van der Waals surface area contributed by atoms with Crippen LogP contribution >= 0.6 is 0 Å². The van der Waals surface area contributed by atoms with Crippen LogP contribution in [0, 0.1) is 0 Å². The summed E-state index contributed by atoms with van der Waals surface area (Å²) in [6.07, 6.45) is 7.71. The summed E-state index contributed by atoms with van der Waals surface area (Å²) in [4.78, 5) is 13.9. The molecule has 0 bridgehead atoms. The van der Waals surface area contributed by atoms with Crippen LogP contribution in [0.25, 0.3) is 16.5 Å². The zero-order valence-electron chi connectivity index (χ0n) is 14.9. The Balaban J connectivity index is 1.81. The first-order valence-electron chi connectivity index (χ1n) is 8.97. The molecule has 27 heavy (non-hydrogen) atoms. The van der Waals surface area contributed by atoms with Crippen LogP contribution in [0.2, 0.25) is 0 Å². The fourth-order valence-corrected chi connectivity index (χ4v) is 3.70. The molecule has 4 aromatic rings. The van der Waals surface area contributed by atoms with Crippen LogP contribution in [-0.4, -0.2) is 15.0 Å². The maximum absolute atomic E-state index is 4.65. The summed E-state index contributed by atoms with van der Waals surface area (Å²) in [6.45, 7) is 2.14. The zero-order valence-corrected chi connectivity index (χ0v) is 14.9. The minimum absolute atomic E-state index is 0.465. The van der Waals surface area contributed by atoms with Gasteiger partial charge >= 0.3 is 0 Å². The van der Waals surface area contributed by atoms with Crippen LogP contribution in [0.3, 0.4) is 0 Å². The Morgan fingerprint density at radius 3 is 2.37 bits per heavy atom. The largest absolute Gasteiger partial charge is 0.369 e. The lowest BCUT2D eigenvalue weighted by Gasteiger charge is -2.35. The van der Waals surface area contributed by atoms with E-state index in [9.17, 15) is 0 Å². The van der Waals surface area contributed by atoms with Crippen molar-refractivity contribution in [3.8, 4) is 0 Å². The van der Waals surface area contributed by atoms with E-state index in [0.29, 0.717) is 0 Å². The summed E-state index contributed by atoms with van der Waals surface area (Å²) in [5, 5.41) is 4.81. The van der Waals surface area contributed by atoms with Gasteiger partial charge < -0.3 is 5.32 Å². The first-order chi connectivity index (χ1) is 13.2. The predicted octanol–water partition coefficient (Wildman–Crippen LogP) is 4.80. The number of aromatic nitrogens is 3. The van der Waals surface area contributed by atoms with Crippen LogP contribution in [0.4, 0.5) is 5.69 Å². The van der Waals surface area contributed by atoms with E-state index in [1.807, 2.05) is 61.1 Å². The second-order valence-corrected chi connectivity index (χ2v) is 6.88. The number of nitrogens with one attached hydrogen (secondary N) is 1. The van der Waals surface area contributed by atoms with E-state index in [1.165, 1.54) is 0 Å². The van der Waals surface area contributed by atoms with Gasteiger partial charge in [0.15, 0.2) is 0 Å². The summed E-state index contributed by atoms with van der Waals surface area (Å²) in [7, 11) is 0. The molecule has 0 saturated heterocycles. The number of fused-ring (bicyclic) bond motifs is 3. The molecule has 0 saturated carbocycles. The van der Waals surface area contributed by atoms with Crippen molar-refractivity contribution in [2.24, 2.45) is 0 Å². The molecular weight excluding hydrogens is 332 g/mol. The van der Waals surface area contributed by atoms with Gasteiger partial charge in [0.2, 0.25) is 0 Å². The molecule has 4 nitrogen and oxygen atoms in total. The maximum Gasteiger partial charge on any atom is 0.0963 e. The van der Waals surface area contributed by atoms with Crippen molar-refractivity contribution in [1.29, 1.82) is 0 Å².